The second-order valence-corrected chi connectivity index (χ2v) is 6.95. The van der Waals surface area contributed by atoms with E-state index in [1.165, 1.54) is 0 Å². The van der Waals surface area contributed by atoms with Crippen molar-refractivity contribution in [2.45, 2.75) is 33.8 Å². The molecule has 0 aliphatic rings. The number of rotatable bonds is 8. The Kier molecular flexibility index (Phi) is 6.50. The molecule has 1 N–H and O–H groups in total. The molecular formula is C24H25NO4. The third kappa shape index (κ3) is 5.13. The quantitative estimate of drug-likeness (QED) is 0.554. The molecule has 0 saturated heterocycles. The Labute approximate surface area is 171 Å². The van der Waals surface area contributed by atoms with Crippen LogP contribution in [0.5, 0.6) is 11.5 Å². The number of nitrogens with zero attached hydrogens (tertiary/aromatic N) is 1. The standard InChI is InChI=1S/C24H25NO4/c1-4-12-28-23-11-8-17(3)14-20(23)21-10-9-19(24(26)27)22(25-21)15-29-18-7-5-6-16(2)13-18/h5-11,13-14H,4,12,15H2,1-3H3,(H,26,27). The third-order valence-electron chi connectivity index (χ3n) is 4.44. The van der Waals surface area contributed by atoms with E-state index < -0.39 is 5.97 Å². The van der Waals surface area contributed by atoms with E-state index in [0.717, 1.165) is 28.9 Å². The first kappa shape index (κ1) is 20.4. The maximum Gasteiger partial charge on any atom is 0.337 e. The molecule has 150 valence electrons. The lowest BCUT2D eigenvalue weighted by Crippen LogP contribution is -2.09. The van der Waals surface area contributed by atoms with Crippen LogP contribution in [0.3, 0.4) is 0 Å². The van der Waals surface area contributed by atoms with Crippen LogP contribution >= 0.6 is 0 Å². The molecule has 2 aromatic carbocycles. The zero-order valence-corrected chi connectivity index (χ0v) is 16.9. The molecular weight excluding hydrogens is 366 g/mol. The molecule has 5 heteroatoms. The molecule has 29 heavy (non-hydrogen) atoms. The van der Waals surface area contributed by atoms with Crippen molar-refractivity contribution < 1.29 is 19.4 Å². The molecule has 3 rings (SSSR count). The summed E-state index contributed by atoms with van der Waals surface area (Å²) in [7, 11) is 0. The van der Waals surface area contributed by atoms with E-state index in [1.54, 1.807) is 12.1 Å². The summed E-state index contributed by atoms with van der Waals surface area (Å²) in [6, 6.07) is 16.8. The van der Waals surface area contributed by atoms with Gasteiger partial charge in [0, 0.05) is 5.56 Å². The Morgan fingerprint density at radius 1 is 1.00 bits per heavy atom. The molecule has 1 aromatic heterocycles. The largest absolute Gasteiger partial charge is 0.493 e. The van der Waals surface area contributed by atoms with Crippen molar-refractivity contribution in [1.82, 2.24) is 4.98 Å². The zero-order valence-electron chi connectivity index (χ0n) is 16.9. The molecule has 5 nitrogen and oxygen atoms in total. The number of pyridine rings is 1. The number of hydrogen-bond donors (Lipinski definition) is 1. The highest BCUT2D eigenvalue weighted by molar-refractivity contribution is 5.89. The number of carbonyl (C=O) groups is 1. The molecule has 0 amide bonds. The maximum atomic E-state index is 11.7. The number of carboxylic acids is 1. The van der Waals surface area contributed by atoms with Crippen LogP contribution in [0, 0.1) is 13.8 Å². The minimum absolute atomic E-state index is 0.0654. The molecule has 0 radical (unpaired) electrons. The van der Waals surface area contributed by atoms with Gasteiger partial charge in [-0.05, 0) is 62.2 Å². The predicted molar refractivity (Wildman–Crippen MR) is 113 cm³/mol. The minimum atomic E-state index is -1.03. The molecule has 0 atom stereocenters. The van der Waals surface area contributed by atoms with Crippen molar-refractivity contribution in [2.24, 2.45) is 0 Å². The van der Waals surface area contributed by atoms with Gasteiger partial charge in [-0.15, -0.1) is 0 Å². The molecule has 0 saturated carbocycles. The normalized spacial score (nSPS) is 10.6. The third-order valence-corrected chi connectivity index (χ3v) is 4.44. The van der Waals surface area contributed by atoms with Gasteiger partial charge in [0.25, 0.3) is 0 Å². The van der Waals surface area contributed by atoms with Gasteiger partial charge in [-0.3, -0.25) is 0 Å². The van der Waals surface area contributed by atoms with Crippen LogP contribution in [0.25, 0.3) is 11.3 Å². The fourth-order valence-corrected chi connectivity index (χ4v) is 2.99. The summed E-state index contributed by atoms with van der Waals surface area (Å²) < 4.78 is 11.7. The Bertz CT molecular complexity index is 1010. The van der Waals surface area contributed by atoms with Gasteiger partial charge in [-0.2, -0.15) is 0 Å². The van der Waals surface area contributed by atoms with Crippen molar-refractivity contribution in [3.05, 3.63) is 77.0 Å². The van der Waals surface area contributed by atoms with Crippen molar-refractivity contribution in [3.63, 3.8) is 0 Å². The van der Waals surface area contributed by atoms with Crippen molar-refractivity contribution in [2.75, 3.05) is 6.61 Å². The molecule has 0 fully saturated rings. The summed E-state index contributed by atoms with van der Waals surface area (Å²) in [4.78, 5) is 16.3. The maximum absolute atomic E-state index is 11.7. The number of carboxylic acid groups (broad SMARTS) is 1. The lowest BCUT2D eigenvalue weighted by atomic mass is 10.0. The lowest BCUT2D eigenvalue weighted by molar-refractivity contribution is 0.0693. The number of aryl methyl sites for hydroxylation is 2. The van der Waals surface area contributed by atoms with Crippen LogP contribution < -0.4 is 9.47 Å². The van der Waals surface area contributed by atoms with Gasteiger partial charge in [0.15, 0.2) is 0 Å². The lowest BCUT2D eigenvalue weighted by Gasteiger charge is -2.14. The van der Waals surface area contributed by atoms with Crippen LogP contribution in [0.2, 0.25) is 0 Å². The number of benzene rings is 2. The van der Waals surface area contributed by atoms with E-state index in [1.807, 2.05) is 56.3 Å². The van der Waals surface area contributed by atoms with Gasteiger partial charge in [0.1, 0.15) is 18.1 Å². The van der Waals surface area contributed by atoms with E-state index in [0.29, 0.717) is 23.7 Å². The van der Waals surface area contributed by atoms with Crippen molar-refractivity contribution >= 4 is 5.97 Å². The highest BCUT2D eigenvalue weighted by Crippen LogP contribution is 2.31. The summed E-state index contributed by atoms with van der Waals surface area (Å²) in [6.07, 6.45) is 0.897. The average Bonchev–Trinajstić information content (AvgIpc) is 2.71. The Hall–Kier alpha value is -3.34. The van der Waals surface area contributed by atoms with Gasteiger partial charge >= 0.3 is 5.97 Å². The van der Waals surface area contributed by atoms with Crippen LogP contribution in [0.1, 0.15) is 40.5 Å². The first-order valence-electron chi connectivity index (χ1n) is 9.64. The summed E-state index contributed by atoms with van der Waals surface area (Å²) in [5, 5.41) is 9.56. The summed E-state index contributed by atoms with van der Waals surface area (Å²) in [5.74, 6) is 0.383. The SMILES string of the molecule is CCCOc1ccc(C)cc1-c1ccc(C(=O)O)c(COc2cccc(C)c2)n1. The monoisotopic (exact) mass is 391 g/mol. The molecule has 3 aromatic rings. The summed E-state index contributed by atoms with van der Waals surface area (Å²) >= 11 is 0. The van der Waals surface area contributed by atoms with Gasteiger partial charge in [-0.1, -0.05) is 30.7 Å². The fourth-order valence-electron chi connectivity index (χ4n) is 2.99. The zero-order chi connectivity index (χ0) is 20.8. The van der Waals surface area contributed by atoms with Gasteiger partial charge in [-0.25, -0.2) is 9.78 Å². The predicted octanol–water partition coefficient (Wildman–Crippen LogP) is 5.43. The van der Waals surface area contributed by atoms with Crippen molar-refractivity contribution in [3.8, 4) is 22.8 Å². The number of aromatic nitrogens is 1. The molecule has 0 spiro atoms. The first-order valence-corrected chi connectivity index (χ1v) is 9.64. The van der Waals surface area contributed by atoms with Crippen LogP contribution in [-0.2, 0) is 6.61 Å². The van der Waals surface area contributed by atoms with Gasteiger partial charge in [0.2, 0.25) is 0 Å². The highest BCUT2D eigenvalue weighted by Gasteiger charge is 2.16. The van der Waals surface area contributed by atoms with E-state index >= 15 is 0 Å². The van der Waals surface area contributed by atoms with E-state index in [9.17, 15) is 9.90 Å². The number of hydrogen-bond acceptors (Lipinski definition) is 4. The molecule has 0 bridgehead atoms. The molecule has 0 unspecified atom stereocenters. The topological polar surface area (TPSA) is 68.7 Å². The molecule has 1 heterocycles. The van der Waals surface area contributed by atoms with Gasteiger partial charge < -0.3 is 14.6 Å². The van der Waals surface area contributed by atoms with E-state index in [4.69, 9.17) is 9.47 Å². The molecule has 0 aliphatic heterocycles. The van der Waals surface area contributed by atoms with Crippen LogP contribution in [-0.4, -0.2) is 22.7 Å². The Balaban J connectivity index is 1.96. The number of ether oxygens (including phenoxy) is 2. The van der Waals surface area contributed by atoms with Gasteiger partial charge in [0.05, 0.1) is 23.6 Å². The van der Waals surface area contributed by atoms with Crippen LogP contribution in [0.15, 0.2) is 54.6 Å². The first-order chi connectivity index (χ1) is 14.0. The number of aromatic carboxylic acids is 1. The summed E-state index contributed by atoms with van der Waals surface area (Å²) in [6.45, 7) is 6.70. The van der Waals surface area contributed by atoms with Crippen LogP contribution in [0.4, 0.5) is 0 Å². The van der Waals surface area contributed by atoms with E-state index in [2.05, 4.69) is 11.9 Å². The fraction of sp³-hybridized carbons (Fsp3) is 0.250. The van der Waals surface area contributed by atoms with E-state index in [-0.39, 0.29) is 12.2 Å². The highest BCUT2D eigenvalue weighted by atomic mass is 16.5. The average molecular weight is 391 g/mol. The second kappa shape index (κ2) is 9.24. The minimum Gasteiger partial charge on any atom is -0.493 e. The second-order valence-electron chi connectivity index (χ2n) is 6.95. The van der Waals surface area contributed by atoms with Crippen molar-refractivity contribution in [1.29, 1.82) is 0 Å². The summed E-state index contributed by atoms with van der Waals surface area (Å²) in [5.41, 5.74) is 4.15. The smallest absolute Gasteiger partial charge is 0.337 e. The Morgan fingerprint density at radius 2 is 1.79 bits per heavy atom. The Morgan fingerprint density at radius 3 is 2.52 bits per heavy atom. The molecule has 0 aliphatic carbocycles.